The van der Waals surface area contributed by atoms with Crippen LogP contribution < -0.4 is 4.90 Å². The third kappa shape index (κ3) is 6.16. The molecule has 3 nitrogen and oxygen atoms in total. The van der Waals surface area contributed by atoms with Gasteiger partial charge in [-0.05, 0) is 144 Å². The molecule has 0 aliphatic carbocycles. The largest absolute Gasteiger partial charge is 0.456 e. The molecule has 2 aromatic heterocycles. The Bertz CT molecular complexity index is 3320. The number of hydrogen-bond acceptors (Lipinski definition) is 2. The van der Waals surface area contributed by atoms with Gasteiger partial charge in [0.2, 0.25) is 0 Å². The maximum atomic E-state index is 6.12. The zero-order chi connectivity index (χ0) is 39.5. The molecule has 0 N–H and O–H groups in total. The summed E-state index contributed by atoms with van der Waals surface area (Å²) in [6, 6.07) is 74.5. The van der Waals surface area contributed by atoms with E-state index in [0.29, 0.717) is 0 Å². The minimum absolute atomic E-state index is 0.907. The lowest BCUT2D eigenvalue weighted by Crippen LogP contribution is -2.09. The summed E-state index contributed by atoms with van der Waals surface area (Å²) in [6.45, 7) is 4.33. The normalized spacial score (nSPS) is 11.6. The number of benzene rings is 9. The molecule has 11 aromatic rings. The fourth-order valence-corrected chi connectivity index (χ4v) is 8.75. The van der Waals surface area contributed by atoms with Crippen LogP contribution in [0.25, 0.3) is 82.8 Å². The Balaban J connectivity index is 0.975. The summed E-state index contributed by atoms with van der Waals surface area (Å²) in [6.07, 6.45) is 0. The number of hydrogen-bond donors (Lipinski definition) is 0. The second kappa shape index (κ2) is 14.1. The molecule has 0 fully saturated rings. The SMILES string of the molecule is Cc1cccc(-n2c3ccc(C)cc3c3cc(-c4ccc(N(c5ccc(-c6ccccc6)cc5)c5ccc(-c6ccc7oc8ccccc8c7c6)cc5)cc4)ccc32)c1. The van der Waals surface area contributed by atoms with Gasteiger partial charge in [0, 0.05) is 44.3 Å². The van der Waals surface area contributed by atoms with Crippen LogP contribution in [-0.2, 0) is 0 Å². The van der Waals surface area contributed by atoms with Crippen LogP contribution in [0.15, 0.2) is 211 Å². The molecule has 0 aliphatic heterocycles. The van der Waals surface area contributed by atoms with Gasteiger partial charge in [-0.2, -0.15) is 0 Å². The average molecular weight is 757 g/mol. The lowest BCUT2D eigenvalue weighted by atomic mass is 10.0. The first-order valence-corrected chi connectivity index (χ1v) is 20.2. The van der Waals surface area contributed by atoms with E-state index in [-0.39, 0.29) is 0 Å². The predicted molar refractivity (Wildman–Crippen MR) is 249 cm³/mol. The lowest BCUT2D eigenvalue weighted by molar-refractivity contribution is 0.669. The summed E-state index contributed by atoms with van der Waals surface area (Å²) in [5, 5.41) is 4.80. The van der Waals surface area contributed by atoms with Crippen molar-refractivity contribution >= 4 is 60.8 Å². The van der Waals surface area contributed by atoms with Gasteiger partial charge < -0.3 is 13.9 Å². The average Bonchev–Trinajstić information content (AvgIpc) is 3.82. The molecule has 2 heterocycles. The van der Waals surface area contributed by atoms with E-state index < -0.39 is 0 Å². The molecule has 0 bridgehead atoms. The minimum atomic E-state index is 0.907. The highest BCUT2D eigenvalue weighted by Gasteiger charge is 2.17. The fourth-order valence-electron chi connectivity index (χ4n) is 8.75. The highest BCUT2D eigenvalue weighted by molar-refractivity contribution is 6.11. The first kappa shape index (κ1) is 34.6. The van der Waals surface area contributed by atoms with E-state index in [2.05, 4.69) is 217 Å². The Labute approximate surface area is 343 Å². The molecular weight excluding hydrogens is 717 g/mol. The van der Waals surface area contributed by atoms with Gasteiger partial charge in [0.1, 0.15) is 11.2 Å². The number of fused-ring (bicyclic) bond motifs is 6. The van der Waals surface area contributed by atoms with E-state index in [9.17, 15) is 0 Å². The maximum Gasteiger partial charge on any atom is 0.135 e. The van der Waals surface area contributed by atoms with Crippen molar-refractivity contribution < 1.29 is 4.42 Å². The Morgan fingerprint density at radius 1 is 0.339 bits per heavy atom. The van der Waals surface area contributed by atoms with E-state index >= 15 is 0 Å². The molecule has 0 amide bonds. The van der Waals surface area contributed by atoms with Crippen LogP contribution in [0, 0.1) is 13.8 Å². The standard InChI is InChI=1S/C56H40N2O/c1-37-9-8-12-48(33-37)58-53-30-15-38(2)34-50(53)51-35-43(22-31-54(51)58)41-18-26-46(27-19-41)57(45-24-16-40(17-25-45)39-10-4-3-5-11-39)47-28-20-42(21-29-47)44-23-32-56-52(36-44)49-13-6-7-14-55(49)59-56/h3-36H,1-2H3. The van der Waals surface area contributed by atoms with Crippen molar-refractivity contribution in [2.24, 2.45) is 0 Å². The number of furan rings is 1. The first-order valence-electron chi connectivity index (χ1n) is 20.2. The topological polar surface area (TPSA) is 21.3 Å². The van der Waals surface area contributed by atoms with Crippen LogP contribution >= 0.6 is 0 Å². The summed E-state index contributed by atoms with van der Waals surface area (Å²) < 4.78 is 8.52. The summed E-state index contributed by atoms with van der Waals surface area (Å²) in [4.78, 5) is 2.34. The molecule has 0 saturated heterocycles. The van der Waals surface area contributed by atoms with E-state index in [1.54, 1.807) is 0 Å². The van der Waals surface area contributed by atoms with Crippen molar-refractivity contribution in [3.8, 4) is 39.1 Å². The summed E-state index contributed by atoms with van der Waals surface area (Å²) in [7, 11) is 0. The molecule has 0 spiro atoms. The first-order chi connectivity index (χ1) is 29.0. The molecule has 3 heteroatoms. The Hall–Kier alpha value is -7.62. The Kier molecular flexibility index (Phi) is 8.27. The van der Waals surface area contributed by atoms with Crippen LogP contribution in [-0.4, -0.2) is 4.57 Å². The minimum Gasteiger partial charge on any atom is -0.456 e. The number of aryl methyl sites for hydroxylation is 2. The van der Waals surface area contributed by atoms with Gasteiger partial charge in [-0.15, -0.1) is 0 Å². The van der Waals surface area contributed by atoms with E-state index in [0.717, 1.165) is 50.1 Å². The van der Waals surface area contributed by atoms with Gasteiger partial charge in [0.05, 0.1) is 11.0 Å². The van der Waals surface area contributed by atoms with Crippen molar-refractivity contribution in [2.75, 3.05) is 4.90 Å². The zero-order valence-electron chi connectivity index (χ0n) is 32.9. The molecular formula is C56H40N2O. The summed E-state index contributed by atoms with van der Waals surface area (Å²) in [5.74, 6) is 0. The molecule has 0 unspecified atom stereocenters. The maximum absolute atomic E-state index is 6.12. The smallest absolute Gasteiger partial charge is 0.135 e. The van der Waals surface area contributed by atoms with Crippen molar-refractivity contribution in [1.29, 1.82) is 0 Å². The van der Waals surface area contributed by atoms with Gasteiger partial charge in [-0.1, -0.05) is 121 Å². The fraction of sp³-hybridized carbons (Fsp3) is 0.0357. The highest BCUT2D eigenvalue weighted by Crippen LogP contribution is 2.40. The van der Waals surface area contributed by atoms with Gasteiger partial charge in [-0.25, -0.2) is 0 Å². The molecule has 280 valence electrons. The molecule has 0 aliphatic rings. The van der Waals surface area contributed by atoms with Crippen molar-refractivity contribution in [1.82, 2.24) is 4.57 Å². The van der Waals surface area contributed by atoms with Crippen LogP contribution in [0.4, 0.5) is 17.1 Å². The van der Waals surface area contributed by atoms with Crippen molar-refractivity contribution in [3.63, 3.8) is 0 Å². The zero-order valence-corrected chi connectivity index (χ0v) is 32.9. The second-order valence-corrected chi connectivity index (χ2v) is 15.6. The molecule has 0 radical (unpaired) electrons. The molecule has 0 saturated carbocycles. The molecule has 0 atom stereocenters. The third-order valence-corrected chi connectivity index (χ3v) is 11.7. The van der Waals surface area contributed by atoms with Gasteiger partial charge in [0.15, 0.2) is 0 Å². The van der Waals surface area contributed by atoms with Crippen LogP contribution in [0.1, 0.15) is 11.1 Å². The van der Waals surface area contributed by atoms with Crippen molar-refractivity contribution in [2.45, 2.75) is 13.8 Å². The number of rotatable bonds is 7. The van der Waals surface area contributed by atoms with E-state index in [1.807, 2.05) is 12.1 Å². The van der Waals surface area contributed by atoms with E-state index in [4.69, 9.17) is 4.42 Å². The number of nitrogens with zero attached hydrogens (tertiary/aromatic N) is 2. The van der Waals surface area contributed by atoms with Crippen LogP contribution in [0.2, 0.25) is 0 Å². The Morgan fingerprint density at radius 3 is 1.49 bits per heavy atom. The van der Waals surface area contributed by atoms with E-state index in [1.165, 1.54) is 60.9 Å². The number of para-hydroxylation sites is 1. The molecule has 9 aromatic carbocycles. The summed E-state index contributed by atoms with van der Waals surface area (Å²) >= 11 is 0. The third-order valence-electron chi connectivity index (χ3n) is 11.7. The second-order valence-electron chi connectivity index (χ2n) is 15.6. The van der Waals surface area contributed by atoms with Crippen LogP contribution in [0.5, 0.6) is 0 Å². The lowest BCUT2D eigenvalue weighted by Gasteiger charge is -2.26. The quantitative estimate of drug-likeness (QED) is 0.161. The number of aromatic nitrogens is 1. The van der Waals surface area contributed by atoms with Gasteiger partial charge in [-0.3, -0.25) is 0 Å². The summed E-state index contributed by atoms with van der Waals surface area (Å²) in [5.41, 5.74) is 18.3. The van der Waals surface area contributed by atoms with Gasteiger partial charge >= 0.3 is 0 Å². The monoisotopic (exact) mass is 756 g/mol. The van der Waals surface area contributed by atoms with Crippen LogP contribution in [0.3, 0.4) is 0 Å². The van der Waals surface area contributed by atoms with Crippen molar-refractivity contribution in [3.05, 3.63) is 217 Å². The van der Waals surface area contributed by atoms with Gasteiger partial charge in [0.25, 0.3) is 0 Å². The number of anilines is 3. The molecule has 59 heavy (non-hydrogen) atoms. The highest BCUT2D eigenvalue weighted by atomic mass is 16.3. The Morgan fingerprint density at radius 2 is 0.831 bits per heavy atom. The predicted octanol–water partition coefficient (Wildman–Crippen LogP) is 15.8. The molecule has 11 rings (SSSR count).